The number of alkyl halides is 2. The molecule has 5 heterocycles. The number of pyridine rings is 1. The third kappa shape index (κ3) is 5.22. The molecule has 0 radical (unpaired) electrons. The Morgan fingerprint density at radius 1 is 1.11 bits per heavy atom. The van der Waals surface area contributed by atoms with Gasteiger partial charge in [-0.15, -0.1) is 10.2 Å². The van der Waals surface area contributed by atoms with Crippen LogP contribution < -0.4 is 5.32 Å². The molecule has 0 spiro atoms. The number of piperidine rings is 1. The predicted molar refractivity (Wildman–Crippen MR) is 131 cm³/mol. The van der Waals surface area contributed by atoms with Crippen LogP contribution in [0.15, 0.2) is 33.3 Å². The Kier molecular flexibility index (Phi) is 6.82. The summed E-state index contributed by atoms with van der Waals surface area (Å²) in [7, 11) is 0. The van der Waals surface area contributed by atoms with Crippen molar-refractivity contribution < 1.29 is 13.2 Å². The van der Waals surface area contributed by atoms with Crippen LogP contribution >= 0.6 is 0 Å². The van der Waals surface area contributed by atoms with E-state index in [0.29, 0.717) is 5.69 Å². The Balaban J connectivity index is 1.33. The van der Waals surface area contributed by atoms with Crippen LogP contribution in [0.2, 0.25) is 0 Å². The van der Waals surface area contributed by atoms with E-state index in [1.54, 1.807) is 6.07 Å². The van der Waals surface area contributed by atoms with Gasteiger partial charge in [-0.3, -0.25) is 4.99 Å². The Labute approximate surface area is 204 Å². The Morgan fingerprint density at radius 3 is 2.54 bits per heavy atom. The molecule has 0 aliphatic carbocycles. The molecule has 1 N–H and O–H groups in total. The van der Waals surface area contributed by atoms with E-state index in [2.05, 4.69) is 50.2 Å². The summed E-state index contributed by atoms with van der Waals surface area (Å²) in [6, 6.07) is 3.74. The lowest BCUT2D eigenvalue weighted by atomic mass is 9.90. The molecule has 0 saturated carbocycles. The van der Waals surface area contributed by atoms with Gasteiger partial charge in [0.2, 0.25) is 0 Å². The van der Waals surface area contributed by atoms with Gasteiger partial charge in [0.1, 0.15) is 5.69 Å². The van der Waals surface area contributed by atoms with E-state index in [-0.39, 0.29) is 17.3 Å². The van der Waals surface area contributed by atoms with E-state index in [1.807, 2.05) is 12.3 Å². The third-order valence-electron chi connectivity index (χ3n) is 7.19. The second-order valence-electron chi connectivity index (χ2n) is 10.0. The fraction of sp³-hybridized carbons (Fsp3) is 0.600. The second kappa shape index (κ2) is 10.0. The standard InChI is InChI=1S/C25H33F2N7O/c1-25(2)20(7-10-29-25)34-14-8-17(9-15-34)21-18(28-11-16-33-12-3-4-13-33)5-6-19(30-21)23-31-32-24(35-23)22(26)27/h5-7,10,17,22,28H,3-4,8-9,11-16H2,1-2H3. The van der Waals surface area contributed by atoms with Crippen LogP contribution in [0.25, 0.3) is 11.6 Å². The zero-order valence-electron chi connectivity index (χ0n) is 20.4. The van der Waals surface area contributed by atoms with Crippen molar-refractivity contribution in [3.05, 3.63) is 35.5 Å². The maximum absolute atomic E-state index is 13.0. The zero-order chi connectivity index (χ0) is 24.4. The van der Waals surface area contributed by atoms with E-state index in [9.17, 15) is 8.78 Å². The van der Waals surface area contributed by atoms with Gasteiger partial charge in [-0.2, -0.15) is 8.78 Å². The molecule has 0 atom stereocenters. The molecule has 10 heteroatoms. The Morgan fingerprint density at radius 2 is 1.89 bits per heavy atom. The number of nitrogens with zero attached hydrogens (tertiary/aromatic N) is 6. The first-order valence-electron chi connectivity index (χ1n) is 12.5. The van der Waals surface area contributed by atoms with Crippen LogP contribution in [0.4, 0.5) is 14.5 Å². The number of nitrogens with one attached hydrogen (secondary N) is 1. The van der Waals surface area contributed by atoms with E-state index in [1.165, 1.54) is 18.5 Å². The Bertz CT molecular complexity index is 1080. The number of likely N-dealkylation sites (tertiary alicyclic amines) is 2. The van der Waals surface area contributed by atoms with Crippen LogP contribution in [0.1, 0.15) is 63.5 Å². The molecule has 2 fully saturated rings. The molecular formula is C25H33F2N7O. The molecule has 2 aromatic rings. The minimum atomic E-state index is -2.80. The minimum absolute atomic E-state index is 0.0256. The summed E-state index contributed by atoms with van der Waals surface area (Å²) in [5.41, 5.74) is 3.43. The van der Waals surface area contributed by atoms with Crippen LogP contribution in [0.5, 0.6) is 0 Å². The topological polar surface area (TPSA) is 82.7 Å². The maximum atomic E-state index is 13.0. The highest BCUT2D eigenvalue weighted by Gasteiger charge is 2.33. The number of hydrogen-bond acceptors (Lipinski definition) is 8. The Hall–Kier alpha value is -2.88. The molecule has 35 heavy (non-hydrogen) atoms. The van der Waals surface area contributed by atoms with Crippen LogP contribution in [-0.2, 0) is 0 Å². The first-order valence-corrected chi connectivity index (χ1v) is 12.5. The van der Waals surface area contributed by atoms with E-state index < -0.39 is 12.3 Å². The first-order chi connectivity index (χ1) is 16.9. The number of aromatic nitrogens is 3. The van der Waals surface area contributed by atoms with E-state index >= 15 is 0 Å². The lowest BCUT2D eigenvalue weighted by molar-refractivity contribution is 0.116. The van der Waals surface area contributed by atoms with Gasteiger partial charge in [0, 0.05) is 44.0 Å². The molecule has 8 nitrogen and oxygen atoms in total. The largest absolute Gasteiger partial charge is 0.414 e. The SMILES string of the molecule is CC1(C)N=CC=C1N1CCC(c2nc(-c3nnc(C(F)F)o3)ccc2NCCN2CCCC2)CC1. The van der Waals surface area contributed by atoms with Gasteiger partial charge in [-0.25, -0.2) is 4.98 Å². The number of allylic oxidation sites excluding steroid dienone is 1. The van der Waals surface area contributed by atoms with Gasteiger partial charge in [0.25, 0.3) is 11.8 Å². The van der Waals surface area contributed by atoms with Crippen molar-refractivity contribution in [2.24, 2.45) is 4.99 Å². The summed E-state index contributed by atoms with van der Waals surface area (Å²) in [6.07, 6.45) is 5.62. The van der Waals surface area contributed by atoms with Crippen molar-refractivity contribution in [1.82, 2.24) is 25.0 Å². The van der Waals surface area contributed by atoms with E-state index in [4.69, 9.17) is 9.40 Å². The average Bonchev–Trinajstić information content (AvgIpc) is 3.60. The molecule has 0 amide bonds. The maximum Gasteiger partial charge on any atom is 0.314 e. The monoisotopic (exact) mass is 485 g/mol. The van der Waals surface area contributed by atoms with Gasteiger partial charge in [0.15, 0.2) is 0 Å². The molecule has 2 saturated heterocycles. The highest BCUT2D eigenvalue weighted by atomic mass is 19.3. The molecule has 5 rings (SSSR count). The quantitative estimate of drug-likeness (QED) is 0.589. The van der Waals surface area contributed by atoms with Crippen molar-refractivity contribution in [1.29, 1.82) is 0 Å². The summed E-state index contributed by atoms with van der Waals surface area (Å²) >= 11 is 0. The van der Waals surface area contributed by atoms with Crippen molar-refractivity contribution in [3.8, 4) is 11.6 Å². The molecule has 0 unspecified atom stereocenters. The molecule has 3 aliphatic heterocycles. The molecule has 2 aromatic heterocycles. The molecule has 3 aliphatic rings. The first kappa shape index (κ1) is 23.8. The highest BCUT2D eigenvalue weighted by Crippen LogP contribution is 2.37. The van der Waals surface area contributed by atoms with Crippen LogP contribution in [-0.4, -0.2) is 76.0 Å². The summed E-state index contributed by atoms with van der Waals surface area (Å²) in [5.74, 6) is -0.416. The van der Waals surface area contributed by atoms with Crippen LogP contribution in [0, 0.1) is 0 Å². The second-order valence-corrected chi connectivity index (χ2v) is 10.0. The zero-order valence-corrected chi connectivity index (χ0v) is 20.4. The number of aliphatic imine (C=N–C) groups is 1. The molecule has 188 valence electrons. The lowest BCUT2D eigenvalue weighted by Gasteiger charge is -2.38. The average molecular weight is 486 g/mol. The highest BCUT2D eigenvalue weighted by molar-refractivity contribution is 5.76. The lowest BCUT2D eigenvalue weighted by Crippen LogP contribution is -2.38. The predicted octanol–water partition coefficient (Wildman–Crippen LogP) is 4.50. The summed E-state index contributed by atoms with van der Waals surface area (Å²) < 4.78 is 31.1. The van der Waals surface area contributed by atoms with Crippen molar-refractivity contribution in [2.45, 2.75) is 57.4 Å². The fourth-order valence-corrected chi connectivity index (χ4v) is 5.29. The van der Waals surface area contributed by atoms with Gasteiger partial charge in [0.05, 0.1) is 16.9 Å². The number of rotatable bonds is 8. The normalized spacial score (nSPS) is 20.7. The number of halogens is 2. The third-order valence-corrected chi connectivity index (χ3v) is 7.19. The van der Waals surface area contributed by atoms with Crippen molar-refractivity contribution in [2.75, 3.05) is 44.6 Å². The number of anilines is 1. The molecule has 0 bridgehead atoms. The van der Waals surface area contributed by atoms with Gasteiger partial charge in [-0.1, -0.05) is 0 Å². The molecule has 0 aromatic carbocycles. The van der Waals surface area contributed by atoms with Gasteiger partial charge >= 0.3 is 6.43 Å². The van der Waals surface area contributed by atoms with Crippen molar-refractivity contribution >= 4 is 11.9 Å². The fourth-order valence-electron chi connectivity index (χ4n) is 5.29. The number of hydrogen-bond donors (Lipinski definition) is 1. The van der Waals surface area contributed by atoms with Crippen molar-refractivity contribution in [3.63, 3.8) is 0 Å². The van der Waals surface area contributed by atoms with Gasteiger partial charge in [-0.05, 0) is 70.8 Å². The minimum Gasteiger partial charge on any atom is -0.414 e. The van der Waals surface area contributed by atoms with E-state index in [0.717, 1.165) is 63.5 Å². The smallest absolute Gasteiger partial charge is 0.314 e. The summed E-state index contributed by atoms with van der Waals surface area (Å²) in [4.78, 5) is 14.3. The van der Waals surface area contributed by atoms with Gasteiger partial charge < -0.3 is 19.5 Å². The van der Waals surface area contributed by atoms with Crippen LogP contribution in [0.3, 0.4) is 0 Å². The molecular weight excluding hydrogens is 452 g/mol. The summed E-state index contributed by atoms with van der Waals surface area (Å²) in [5, 5.41) is 10.9. The summed E-state index contributed by atoms with van der Waals surface area (Å²) in [6.45, 7) is 10.2.